The van der Waals surface area contributed by atoms with Crippen LogP contribution in [0.3, 0.4) is 0 Å². The van der Waals surface area contributed by atoms with Gasteiger partial charge in [-0.1, -0.05) is 0 Å². The first-order valence-electron chi connectivity index (χ1n) is 15.7. The maximum absolute atomic E-state index is 14.5. The highest BCUT2D eigenvalue weighted by atomic mass is 16.3. The quantitative estimate of drug-likeness (QED) is 0.320. The maximum atomic E-state index is 14.5. The Morgan fingerprint density at radius 2 is 1.80 bits per heavy atom. The zero-order chi connectivity index (χ0) is 32.5. The number of amides is 1. The van der Waals surface area contributed by atoms with Crippen molar-refractivity contribution in [2.24, 2.45) is 23.5 Å². The molecular weight excluding hydrogens is 574 g/mol. The lowest BCUT2D eigenvalue weighted by Crippen LogP contribution is -2.53. The van der Waals surface area contributed by atoms with Gasteiger partial charge in [0, 0.05) is 35.3 Å². The molecule has 2 aromatic rings. The number of likely N-dealkylation sites (N-methyl/N-ethyl adjacent to an activating group) is 1. The van der Waals surface area contributed by atoms with Gasteiger partial charge in [0.1, 0.15) is 23.0 Å². The Morgan fingerprint density at radius 3 is 2.42 bits per heavy atom. The lowest BCUT2D eigenvalue weighted by molar-refractivity contribution is -0.123. The second-order valence-corrected chi connectivity index (χ2v) is 13.5. The van der Waals surface area contributed by atoms with Crippen LogP contribution in [0.15, 0.2) is 56.9 Å². The molecule has 10 nitrogen and oxygen atoms in total. The number of likely N-dealkylation sites (tertiary alicyclic amines) is 1. The molecule has 4 aliphatic rings. The molecule has 3 unspecified atom stereocenters. The number of allylic oxidation sites excluding steroid dienone is 1. The Morgan fingerprint density at radius 1 is 1.11 bits per heavy atom. The minimum absolute atomic E-state index is 0.144. The molecule has 6 N–H and O–H groups in total. The molecule has 10 heteroatoms. The summed E-state index contributed by atoms with van der Waals surface area (Å²) in [5, 5.41) is 44.4. The number of furan rings is 1. The van der Waals surface area contributed by atoms with E-state index in [1.807, 2.05) is 6.07 Å². The van der Waals surface area contributed by atoms with Crippen molar-refractivity contribution in [1.82, 2.24) is 9.80 Å². The van der Waals surface area contributed by atoms with Crippen molar-refractivity contribution in [3.63, 3.8) is 0 Å². The van der Waals surface area contributed by atoms with Gasteiger partial charge in [-0.3, -0.25) is 19.4 Å². The number of hydrogen-bond acceptors (Lipinski definition) is 9. The summed E-state index contributed by atoms with van der Waals surface area (Å²) in [5.74, 6) is -3.09. The lowest BCUT2D eigenvalue weighted by atomic mass is 9.57. The van der Waals surface area contributed by atoms with Crippen LogP contribution in [0.4, 0.5) is 0 Å². The molecule has 45 heavy (non-hydrogen) atoms. The van der Waals surface area contributed by atoms with Gasteiger partial charge >= 0.3 is 0 Å². The monoisotopic (exact) mass is 617 g/mol. The molecule has 1 amide bonds. The van der Waals surface area contributed by atoms with Crippen molar-refractivity contribution < 1.29 is 34.4 Å². The van der Waals surface area contributed by atoms with E-state index in [0.717, 1.165) is 24.0 Å². The van der Waals surface area contributed by atoms with E-state index >= 15 is 0 Å². The van der Waals surface area contributed by atoms with E-state index in [2.05, 4.69) is 18.7 Å². The third-order valence-electron chi connectivity index (χ3n) is 10.7. The first-order valence-corrected chi connectivity index (χ1v) is 15.7. The summed E-state index contributed by atoms with van der Waals surface area (Å²) in [7, 11) is 3.54. The van der Waals surface area contributed by atoms with Crippen molar-refractivity contribution in [1.29, 1.82) is 0 Å². The van der Waals surface area contributed by atoms with Gasteiger partial charge in [-0.15, -0.1) is 0 Å². The van der Waals surface area contributed by atoms with Crippen LogP contribution in [-0.4, -0.2) is 80.7 Å². The summed E-state index contributed by atoms with van der Waals surface area (Å²) >= 11 is 0. The van der Waals surface area contributed by atoms with Gasteiger partial charge in [-0.05, 0) is 107 Å². The summed E-state index contributed by atoms with van der Waals surface area (Å²) in [6.07, 6.45) is 4.70. The normalized spacial score (nSPS) is 29.6. The maximum Gasteiger partial charge on any atom is 0.252 e. The Kier molecular flexibility index (Phi) is 7.95. The number of benzene rings is 1. The van der Waals surface area contributed by atoms with Crippen LogP contribution in [0.25, 0.3) is 17.1 Å². The number of fused-ring (bicyclic) bond motifs is 3. The summed E-state index contributed by atoms with van der Waals surface area (Å²) < 4.78 is 6.07. The van der Waals surface area contributed by atoms with Gasteiger partial charge in [-0.25, -0.2) is 0 Å². The van der Waals surface area contributed by atoms with Crippen molar-refractivity contribution in [3.05, 3.63) is 69.2 Å². The Balaban J connectivity index is 1.49. The van der Waals surface area contributed by atoms with Gasteiger partial charge in [0.25, 0.3) is 5.91 Å². The van der Waals surface area contributed by atoms with Gasteiger partial charge in [-0.2, -0.15) is 0 Å². The number of phenolic OH excluding ortho intramolecular Hbond substituents is 1. The Hall–Kier alpha value is -3.86. The molecule has 1 aromatic carbocycles. The molecule has 2 fully saturated rings. The standard InChI is InChI=1S/C35H43N3O7/c1-16(15-39)25-28-23(30(37(4)5)33(43)29(25)35(36)44)13-20-12-22-21(8-9-24(40)27(22)31(41)26(20)32(28)42)34-19(10-11-45-34)14-38-17(2)6-7-18(38)3/h8-11,17-18,20,23,28,30,39-41,43H,6-7,12-15H2,1-5H3,(H2,36,44)/b25-16+/t17-,18-,20?,23?,28?,30+/m1/s1. The number of Topliss-reactive ketones (excluding diaryl/α,β-unsaturated/α-hetero) is 1. The number of carbonyl (C=O) groups is 2. The van der Waals surface area contributed by atoms with Gasteiger partial charge < -0.3 is 30.6 Å². The summed E-state index contributed by atoms with van der Waals surface area (Å²) in [4.78, 5) is 31.4. The average molecular weight is 618 g/mol. The van der Waals surface area contributed by atoms with Gasteiger partial charge in [0.15, 0.2) is 5.78 Å². The second-order valence-electron chi connectivity index (χ2n) is 13.5. The number of carbonyl (C=O) groups excluding carboxylic acids is 2. The van der Waals surface area contributed by atoms with Crippen LogP contribution in [0, 0.1) is 17.8 Å². The highest BCUT2D eigenvalue weighted by Crippen LogP contribution is 2.54. The highest BCUT2D eigenvalue weighted by Gasteiger charge is 2.54. The number of nitrogens with two attached hydrogens (primary N) is 1. The summed E-state index contributed by atoms with van der Waals surface area (Å²) in [6.45, 7) is 6.34. The number of aliphatic hydroxyl groups excluding tert-OH is 3. The molecule has 0 spiro atoms. The van der Waals surface area contributed by atoms with E-state index in [-0.39, 0.29) is 39.6 Å². The number of nitrogens with zero attached hydrogens (tertiary/aromatic N) is 2. The van der Waals surface area contributed by atoms with Crippen LogP contribution in [-0.2, 0) is 22.6 Å². The topological polar surface area (TPSA) is 161 Å². The van der Waals surface area contributed by atoms with E-state index in [1.54, 1.807) is 38.2 Å². The fraction of sp³-hybridized carbons (Fsp3) is 0.486. The molecule has 1 aliphatic heterocycles. The van der Waals surface area contributed by atoms with E-state index in [1.165, 1.54) is 6.07 Å². The number of phenols is 1. The van der Waals surface area contributed by atoms with Crippen molar-refractivity contribution in [2.75, 3.05) is 20.7 Å². The predicted octanol–water partition coefficient (Wildman–Crippen LogP) is 4.22. The van der Waals surface area contributed by atoms with E-state index < -0.39 is 42.1 Å². The van der Waals surface area contributed by atoms with Crippen molar-refractivity contribution in [3.8, 4) is 17.1 Å². The molecule has 2 heterocycles. The highest BCUT2D eigenvalue weighted by molar-refractivity contribution is 6.10. The average Bonchev–Trinajstić information content (AvgIpc) is 3.57. The van der Waals surface area contributed by atoms with E-state index in [4.69, 9.17) is 10.2 Å². The minimum Gasteiger partial charge on any atom is -0.510 e. The molecular formula is C35H43N3O7. The number of aliphatic hydroxyl groups is 3. The number of rotatable bonds is 6. The van der Waals surface area contributed by atoms with Crippen LogP contribution in [0.2, 0.25) is 0 Å². The molecule has 1 aromatic heterocycles. The molecule has 6 atom stereocenters. The zero-order valence-electron chi connectivity index (χ0n) is 26.5. The van der Waals surface area contributed by atoms with Crippen molar-refractivity contribution in [2.45, 2.75) is 71.1 Å². The second kappa shape index (κ2) is 11.5. The number of hydrogen-bond donors (Lipinski definition) is 5. The van der Waals surface area contributed by atoms with Gasteiger partial charge in [0.05, 0.1) is 36.0 Å². The molecule has 0 radical (unpaired) electrons. The predicted molar refractivity (Wildman–Crippen MR) is 169 cm³/mol. The first-order chi connectivity index (χ1) is 21.4. The smallest absolute Gasteiger partial charge is 0.252 e. The van der Waals surface area contributed by atoms with Crippen LogP contribution in [0.5, 0.6) is 5.75 Å². The summed E-state index contributed by atoms with van der Waals surface area (Å²) in [5.41, 5.74) is 8.99. The number of aromatic hydroxyl groups is 1. The minimum atomic E-state index is -0.927. The zero-order valence-corrected chi connectivity index (χ0v) is 26.5. The first kappa shape index (κ1) is 31.1. The summed E-state index contributed by atoms with van der Waals surface area (Å²) in [6, 6.07) is 5.50. The van der Waals surface area contributed by atoms with Crippen LogP contribution < -0.4 is 5.73 Å². The SMILES string of the molecule is C/C(CO)=C1\C(C(N)=O)=C(O)[C@@H](N(C)C)C2CC3Cc4c(-c5occc5CN5[C@H](C)CC[C@H]5C)ccc(O)c4C(O)=C3C(=O)C12. The van der Waals surface area contributed by atoms with Crippen molar-refractivity contribution >= 4 is 17.4 Å². The van der Waals surface area contributed by atoms with Crippen LogP contribution in [0.1, 0.15) is 56.7 Å². The molecule has 1 saturated heterocycles. The molecule has 240 valence electrons. The third kappa shape index (κ3) is 4.81. The fourth-order valence-corrected chi connectivity index (χ4v) is 8.55. The molecule has 1 saturated carbocycles. The van der Waals surface area contributed by atoms with E-state index in [0.29, 0.717) is 48.4 Å². The number of primary amides is 1. The van der Waals surface area contributed by atoms with E-state index in [9.17, 15) is 30.0 Å². The third-order valence-corrected chi connectivity index (χ3v) is 10.7. The van der Waals surface area contributed by atoms with Gasteiger partial charge in [0.2, 0.25) is 0 Å². The molecule has 6 rings (SSSR count). The molecule has 0 bridgehead atoms. The fourth-order valence-electron chi connectivity index (χ4n) is 8.55. The molecule has 3 aliphatic carbocycles. The Bertz CT molecular complexity index is 1650. The largest absolute Gasteiger partial charge is 0.510 e. The lowest BCUT2D eigenvalue weighted by Gasteiger charge is -2.48. The Labute approximate surface area is 263 Å². The number of ketones is 1. The van der Waals surface area contributed by atoms with Crippen LogP contribution >= 0.6 is 0 Å².